The Labute approximate surface area is 206 Å². The molecule has 2 aromatic heterocycles. The number of pyridine rings is 1. The summed E-state index contributed by atoms with van der Waals surface area (Å²) >= 11 is 0. The maximum Gasteiger partial charge on any atom is 0.181 e. The van der Waals surface area contributed by atoms with Crippen LogP contribution in [0.15, 0.2) is 53.6 Å². The largest absolute Gasteiger partial charge is 0.489 e. The fourth-order valence-electron chi connectivity index (χ4n) is 4.30. The first-order valence-electron chi connectivity index (χ1n) is 12.0. The lowest BCUT2D eigenvalue weighted by Gasteiger charge is -2.13. The summed E-state index contributed by atoms with van der Waals surface area (Å²) in [6.45, 7) is 4.45. The standard InChI is InChI=1S/C27H31N3O4S/c1-18-15-23-25-22(19-5-4-6-21(16-19)35(31,32)20-7-8-20)9-10-24(26(25)29-27(23)28-17-18)34-14-13-33-12-11-30(2)3/h4-6,9-10,15-17,20H,7-8,11-14H2,1-3H3,(H,28,29). The van der Waals surface area contributed by atoms with Gasteiger partial charge in [-0.2, -0.15) is 0 Å². The van der Waals surface area contributed by atoms with Gasteiger partial charge in [-0.15, -0.1) is 0 Å². The van der Waals surface area contributed by atoms with Gasteiger partial charge in [-0.05, 0) is 80.9 Å². The molecule has 184 valence electrons. The lowest BCUT2D eigenvalue weighted by atomic mass is 9.99. The maximum absolute atomic E-state index is 12.9. The summed E-state index contributed by atoms with van der Waals surface area (Å²) in [6, 6.07) is 13.3. The first kappa shape index (κ1) is 23.8. The van der Waals surface area contributed by atoms with Crippen molar-refractivity contribution in [1.82, 2.24) is 14.9 Å². The molecule has 0 radical (unpaired) electrons. The fraction of sp³-hybridized carbons (Fsp3) is 0.370. The van der Waals surface area contributed by atoms with Crippen molar-refractivity contribution in [2.75, 3.05) is 40.5 Å². The predicted octanol–water partition coefficient (Wildman–Crippen LogP) is 4.58. The molecular formula is C27H31N3O4S. The Kier molecular flexibility index (Phi) is 6.53. The molecule has 5 rings (SSSR count). The highest BCUT2D eigenvalue weighted by atomic mass is 32.2. The van der Waals surface area contributed by atoms with Crippen molar-refractivity contribution < 1.29 is 17.9 Å². The molecule has 2 aromatic carbocycles. The van der Waals surface area contributed by atoms with E-state index in [1.165, 1.54) is 0 Å². The highest BCUT2D eigenvalue weighted by Gasteiger charge is 2.37. The molecule has 0 bridgehead atoms. The lowest BCUT2D eigenvalue weighted by molar-refractivity contribution is 0.0894. The van der Waals surface area contributed by atoms with E-state index in [0.717, 1.165) is 63.8 Å². The number of aromatic nitrogens is 2. The Morgan fingerprint density at radius 3 is 2.69 bits per heavy atom. The molecule has 1 aliphatic carbocycles. The number of benzene rings is 2. The topological polar surface area (TPSA) is 84.5 Å². The second-order valence-electron chi connectivity index (χ2n) is 9.43. The summed E-state index contributed by atoms with van der Waals surface area (Å²) in [7, 11) is 0.749. The molecule has 8 heteroatoms. The molecule has 0 aliphatic heterocycles. The van der Waals surface area contributed by atoms with Crippen molar-refractivity contribution >= 4 is 31.8 Å². The van der Waals surface area contributed by atoms with Gasteiger partial charge in [0.2, 0.25) is 0 Å². The maximum atomic E-state index is 12.9. The third-order valence-electron chi connectivity index (χ3n) is 6.31. The number of rotatable bonds is 10. The molecule has 0 atom stereocenters. The van der Waals surface area contributed by atoms with Gasteiger partial charge < -0.3 is 19.4 Å². The Morgan fingerprint density at radius 2 is 1.91 bits per heavy atom. The van der Waals surface area contributed by atoms with E-state index in [2.05, 4.69) is 20.9 Å². The average molecular weight is 494 g/mol. The van der Waals surface area contributed by atoms with Crippen molar-refractivity contribution in [3.63, 3.8) is 0 Å². The second kappa shape index (κ2) is 9.60. The van der Waals surface area contributed by atoms with Crippen LogP contribution in [0.5, 0.6) is 5.75 Å². The molecule has 4 aromatic rings. The first-order valence-corrected chi connectivity index (χ1v) is 13.5. The molecule has 0 saturated heterocycles. The molecule has 1 fully saturated rings. The number of aryl methyl sites for hydroxylation is 1. The van der Waals surface area contributed by atoms with E-state index >= 15 is 0 Å². The fourth-order valence-corrected chi connectivity index (χ4v) is 6.00. The van der Waals surface area contributed by atoms with Crippen LogP contribution in [0.1, 0.15) is 18.4 Å². The highest BCUT2D eigenvalue weighted by Crippen LogP contribution is 2.40. The minimum Gasteiger partial charge on any atom is -0.489 e. The Hall–Kier alpha value is -2.94. The van der Waals surface area contributed by atoms with E-state index in [0.29, 0.717) is 24.7 Å². The predicted molar refractivity (Wildman–Crippen MR) is 139 cm³/mol. The zero-order valence-corrected chi connectivity index (χ0v) is 21.2. The minimum atomic E-state index is -3.28. The van der Waals surface area contributed by atoms with Gasteiger partial charge in [0.25, 0.3) is 0 Å². The van der Waals surface area contributed by atoms with Crippen LogP contribution in [0.25, 0.3) is 33.1 Å². The SMILES string of the molecule is Cc1cnc2[nH]c3c(OCCOCCN(C)C)ccc(-c4cccc(S(=O)(=O)C5CC5)c4)c3c2c1. The molecule has 1 saturated carbocycles. The summed E-state index contributed by atoms with van der Waals surface area (Å²) in [5.74, 6) is 0.720. The number of ether oxygens (including phenoxy) is 2. The molecule has 2 heterocycles. The monoisotopic (exact) mass is 493 g/mol. The number of hydrogen-bond donors (Lipinski definition) is 1. The third-order valence-corrected chi connectivity index (χ3v) is 8.57. The summed E-state index contributed by atoms with van der Waals surface area (Å²) in [5.41, 5.74) is 4.47. The zero-order valence-electron chi connectivity index (χ0n) is 20.4. The van der Waals surface area contributed by atoms with Gasteiger partial charge in [0.1, 0.15) is 18.0 Å². The summed E-state index contributed by atoms with van der Waals surface area (Å²) in [5, 5.41) is 1.72. The number of H-pyrrole nitrogens is 1. The number of aromatic amines is 1. The van der Waals surface area contributed by atoms with Gasteiger partial charge in [0, 0.05) is 23.5 Å². The van der Waals surface area contributed by atoms with Gasteiger partial charge in [0.05, 0.1) is 28.9 Å². The number of sulfone groups is 1. The Balaban J connectivity index is 1.52. The molecule has 1 N–H and O–H groups in total. The van der Waals surface area contributed by atoms with Gasteiger partial charge in [0.15, 0.2) is 9.84 Å². The molecule has 35 heavy (non-hydrogen) atoms. The smallest absolute Gasteiger partial charge is 0.181 e. The van der Waals surface area contributed by atoms with E-state index in [9.17, 15) is 8.42 Å². The molecule has 0 spiro atoms. The van der Waals surface area contributed by atoms with E-state index < -0.39 is 9.84 Å². The number of nitrogens with zero attached hydrogens (tertiary/aromatic N) is 2. The first-order chi connectivity index (χ1) is 16.8. The van der Waals surface area contributed by atoms with Crippen LogP contribution < -0.4 is 4.74 Å². The van der Waals surface area contributed by atoms with Crippen LogP contribution in [-0.2, 0) is 14.6 Å². The quantitative estimate of drug-likeness (QED) is 0.326. The Bertz CT molecular complexity index is 1470. The molecule has 0 unspecified atom stereocenters. The van der Waals surface area contributed by atoms with Crippen molar-refractivity contribution in [2.24, 2.45) is 0 Å². The Morgan fingerprint density at radius 1 is 1.09 bits per heavy atom. The van der Waals surface area contributed by atoms with Gasteiger partial charge in [-0.25, -0.2) is 13.4 Å². The normalized spacial score (nSPS) is 14.3. The number of hydrogen-bond acceptors (Lipinski definition) is 6. The van der Waals surface area contributed by atoms with Crippen LogP contribution in [-0.4, -0.2) is 69.0 Å². The summed E-state index contributed by atoms with van der Waals surface area (Å²) < 4.78 is 37.5. The van der Waals surface area contributed by atoms with Crippen molar-refractivity contribution in [3.8, 4) is 16.9 Å². The summed E-state index contributed by atoms with van der Waals surface area (Å²) in [6.07, 6.45) is 3.32. The number of likely N-dealkylation sites (N-methyl/N-ethyl adjacent to an activating group) is 1. The number of nitrogens with one attached hydrogen (secondary N) is 1. The third kappa shape index (κ3) is 4.91. The van der Waals surface area contributed by atoms with Crippen LogP contribution in [0.2, 0.25) is 0 Å². The van der Waals surface area contributed by atoms with E-state index in [1.807, 2.05) is 51.5 Å². The molecule has 1 aliphatic rings. The highest BCUT2D eigenvalue weighted by molar-refractivity contribution is 7.92. The van der Waals surface area contributed by atoms with Crippen LogP contribution in [0.3, 0.4) is 0 Å². The van der Waals surface area contributed by atoms with Crippen molar-refractivity contribution in [1.29, 1.82) is 0 Å². The van der Waals surface area contributed by atoms with Crippen LogP contribution in [0, 0.1) is 6.92 Å². The summed E-state index contributed by atoms with van der Waals surface area (Å²) in [4.78, 5) is 10.5. The average Bonchev–Trinajstić information content (AvgIpc) is 3.63. The van der Waals surface area contributed by atoms with E-state index in [4.69, 9.17) is 9.47 Å². The van der Waals surface area contributed by atoms with Crippen molar-refractivity contribution in [2.45, 2.75) is 29.9 Å². The minimum absolute atomic E-state index is 0.242. The second-order valence-corrected chi connectivity index (χ2v) is 11.7. The van der Waals surface area contributed by atoms with E-state index in [1.54, 1.807) is 12.1 Å². The van der Waals surface area contributed by atoms with Crippen molar-refractivity contribution in [3.05, 3.63) is 54.2 Å². The van der Waals surface area contributed by atoms with Gasteiger partial charge in [-0.3, -0.25) is 0 Å². The lowest BCUT2D eigenvalue weighted by Crippen LogP contribution is -2.19. The van der Waals surface area contributed by atoms with Crippen LogP contribution in [0.4, 0.5) is 0 Å². The van der Waals surface area contributed by atoms with Gasteiger partial charge in [-0.1, -0.05) is 12.1 Å². The molecule has 0 amide bonds. The van der Waals surface area contributed by atoms with E-state index in [-0.39, 0.29) is 5.25 Å². The van der Waals surface area contributed by atoms with Gasteiger partial charge >= 0.3 is 0 Å². The number of fused-ring (bicyclic) bond motifs is 3. The molecule has 7 nitrogen and oxygen atoms in total. The molecular weight excluding hydrogens is 462 g/mol. The zero-order chi connectivity index (χ0) is 24.6. The van der Waals surface area contributed by atoms with Crippen LogP contribution >= 0.6 is 0 Å².